The summed E-state index contributed by atoms with van der Waals surface area (Å²) >= 11 is 0. The van der Waals surface area contributed by atoms with E-state index in [-0.39, 0.29) is 0 Å². The molecule has 0 unspecified atom stereocenters. The molecule has 0 aliphatic heterocycles. The Kier molecular flexibility index (Phi) is 7.22. The summed E-state index contributed by atoms with van der Waals surface area (Å²) < 4.78 is 47.2. The molecule has 4 nitrogen and oxygen atoms in total. The van der Waals surface area contributed by atoms with Gasteiger partial charge >= 0.3 is 6.18 Å². The molecular weight excluding hydrogens is 666 g/mol. The van der Waals surface area contributed by atoms with E-state index < -0.39 is 11.7 Å². The number of fused-ring (bicyclic) bond motifs is 6. The van der Waals surface area contributed by atoms with E-state index in [0.717, 1.165) is 66.4 Å². The van der Waals surface area contributed by atoms with Crippen molar-refractivity contribution in [3.8, 4) is 45.8 Å². The summed E-state index contributed by atoms with van der Waals surface area (Å²) in [6.45, 7) is 2.03. The van der Waals surface area contributed by atoms with Gasteiger partial charge in [-0.2, -0.15) is 23.7 Å². The van der Waals surface area contributed by atoms with E-state index in [2.05, 4.69) is 33.4 Å². The van der Waals surface area contributed by atoms with Crippen molar-refractivity contribution in [3.63, 3.8) is 0 Å². The number of nitriles is 2. The molecule has 0 aliphatic rings. The fraction of sp³-hybridized carbons (Fsp3) is 0.0435. The SMILES string of the molecule is Cc1ccc2c(c1)c1ccccc1n2-c1cc(C#N)cc(-n2c3ccccc3c3cc(-c4cccc(C#N)c4)ccc32)c1-c1cccc(C(F)(F)F)c1. The molecule has 0 aliphatic carbocycles. The van der Waals surface area contributed by atoms with Crippen LogP contribution >= 0.6 is 0 Å². The number of benzene rings is 7. The van der Waals surface area contributed by atoms with Gasteiger partial charge in [0.25, 0.3) is 0 Å². The summed E-state index contributed by atoms with van der Waals surface area (Å²) in [6, 6.07) is 49.1. The lowest BCUT2D eigenvalue weighted by Crippen LogP contribution is -2.07. The lowest BCUT2D eigenvalue weighted by atomic mass is 9.96. The number of alkyl halides is 3. The van der Waals surface area contributed by atoms with Crippen LogP contribution in [0.2, 0.25) is 0 Å². The van der Waals surface area contributed by atoms with Crippen LogP contribution in [0.4, 0.5) is 13.2 Å². The number of para-hydroxylation sites is 2. The van der Waals surface area contributed by atoms with Crippen molar-refractivity contribution in [1.82, 2.24) is 9.13 Å². The molecule has 252 valence electrons. The quantitative estimate of drug-likeness (QED) is 0.184. The van der Waals surface area contributed by atoms with Gasteiger partial charge in [-0.25, -0.2) is 0 Å². The van der Waals surface area contributed by atoms with Gasteiger partial charge in [-0.3, -0.25) is 0 Å². The standard InChI is InChI=1S/C46H27F3N4/c1-28-16-18-41-37(20-28)35-12-2-4-14-39(35)52(41)43-22-30(27-51)23-44(45(43)33-10-7-11-34(24-33)46(47,48)49)53-40-15-5-3-13-36(40)38-25-32(17-19-42(38)53)31-9-6-8-29(21-31)26-50/h2-25H,1H3. The second-order valence-corrected chi connectivity index (χ2v) is 13.2. The summed E-state index contributed by atoms with van der Waals surface area (Å²) in [6.07, 6.45) is -4.57. The summed E-state index contributed by atoms with van der Waals surface area (Å²) in [4.78, 5) is 0. The zero-order valence-electron chi connectivity index (χ0n) is 28.3. The number of hydrogen-bond acceptors (Lipinski definition) is 2. The molecule has 0 N–H and O–H groups in total. The van der Waals surface area contributed by atoms with Crippen molar-refractivity contribution in [3.05, 3.63) is 168 Å². The summed E-state index contributed by atoms with van der Waals surface area (Å²) in [5.41, 5.74) is 8.50. The number of aromatic nitrogens is 2. The summed E-state index contributed by atoms with van der Waals surface area (Å²) in [7, 11) is 0. The minimum Gasteiger partial charge on any atom is -0.308 e. The van der Waals surface area contributed by atoms with Gasteiger partial charge in [0.1, 0.15) is 0 Å². The molecule has 0 radical (unpaired) electrons. The maximum atomic E-state index is 14.4. The zero-order chi connectivity index (χ0) is 36.4. The molecule has 0 saturated carbocycles. The number of nitrogens with zero attached hydrogens (tertiary/aromatic N) is 4. The second-order valence-electron chi connectivity index (χ2n) is 13.2. The molecule has 9 aromatic rings. The first kappa shape index (κ1) is 31.9. The molecule has 0 atom stereocenters. The first-order valence-corrected chi connectivity index (χ1v) is 17.0. The zero-order valence-corrected chi connectivity index (χ0v) is 28.3. The molecule has 53 heavy (non-hydrogen) atoms. The monoisotopic (exact) mass is 692 g/mol. The minimum atomic E-state index is -4.57. The lowest BCUT2D eigenvalue weighted by Gasteiger charge is -2.21. The van der Waals surface area contributed by atoms with Gasteiger partial charge < -0.3 is 9.13 Å². The Hall–Kier alpha value is -7.09. The number of rotatable bonds is 4. The first-order valence-electron chi connectivity index (χ1n) is 17.0. The molecule has 0 amide bonds. The van der Waals surface area contributed by atoms with E-state index in [9.17, 15) is 23.7 Å². The van der Waals surface area contributed by atoms with Crippen molar-refractivity contribution >= 4 is 43.6 Å². The fourth-order valence-corrected chi connectivity index (χ4v) is 7.70. The molecule has 2 aromatic heterocycles. The first-order chi connectivity index (χ1) is 25.7. The van der Waals surface area contributed by atoms with Crippen molar-refractivity contribution in [2.24, 2.45) is 0 Å². The second kappa shape index (κ2) is 12.0. The maximum absolute atomic E-state index is 14.4. The van der Waals surface area contributed by atoms with Crippen LogP contribution in [-0.2, 0) is 6.18 Å². The van der Waals surface area contributed by atoms with Crippen LogP contribution in [0, 0.1) is 29.6 Å². The smallest absolute Gasteiger partial charge is 0.308 e. The molecule has 2 heterocycles. The average Bonchev–Trinajstić information content (AvgIpc) is 3.69. The Morgan fingerprint density at radius 3 is 1.66 bits per heavy atom. The van der Waals surface area contributed by atoms with Crippen LogP contribution in [0.25, 0.3) is 77.2 Å². The highest BCUT2D eigenvalue weighted by molar-refractivity contribution is 6.12. The van der Waals surface area contributed by atoms with E-state index in [1.54, 1.807) is 24.3 Å². The van der Waals surface area contributed by atoms with E-state index >= 15 is 0 Å². The predicted molar refractivity (Wildman–Crippen MR) is 205 cm³/mol. The average molecular weight is 693 g/mol. The van der Waals surface area contributed by atoms with E-state index in [1.165, 1.54) is 12.1 Å². The number of halogens is 3. The van der Waals surface area contributed by atoms with Gasteiger partial charge in [0.2, 0.25) is 0 Å². The van der Waals surface area contributed by atoms with Gasteiger partial charge in [0, 0.05) is 27.1 Å². The van der Waals surface area contributed by atoms with E-state index in [4.69, 9.17) is 0 Å². The highest BCUT2D eigenvalue weighted by Crippen LogP contribution is 2.44. The van der Waals surface area contributed by atoms with Crippen LogP contribution in [0.1, 0.15) is 22.3 Å². The van der Waals surface area contributed by atoms with Gasteiger partial charge in [-0.05, 0) is 96.4 Å². The van der Waals surface area contributed by atoms with Crippen molar-refractivity contribution in [2.75, 3.05) is 0 Å². The molecule has 0 fully saturated rings. The molecule has 0 bridgehead atoms. The molecule has 9 rings (SSSR count). The van der Waals surface area contributed by atoms with Crippen molar-refractivity contribution < 1.29 is 13.2 Å². The van der Waals surface area contributed by atoms with Crippen molar-refractivity contribution in [1.29, 1.82) is 10.5 Å². The van der Waals surface area contributed by atoms with Gasteiger partial charge in [0.15, 0.2) is 0 Å². The van der Waals surface area contributed by atoms with Gasteiger partial charge in [-0.15, -0.1) is 0 Å². The Bertz CT molecular complexity index is 3040. The fourth-order valence-electron chi connectivity index (χ4n) is 7.70. The Labute approximate surface area is 302 Å². The maximum Gasteiger partial charge on any atom is 0.416 e. The van der Waals surface area contributed by atoms with Gasteiger partial charge in [-0.1, -0.05) is 78.4 Å². The lowest BCUT2D eigenvalue weighted by molar-refractivity contribution is -0.137. The Balaban J connectivity index is 1.44. The highest BCUT2D eigenvalue weighted by atomic mass is 19.4. The third kappa shape index (κ3) is 5.13. The van der Waals surface area contributed by atoms with Crippen LogP contribution in [0.3, 0.4) is 0 Å². The summed E-state index contributed by atoms with van der Waals surface area (Å²) in [5, 5.41) is 24.0. The minimum absolute atomic E-state index is 0.361. The molecule has 0 saturated heterocycles. The van der Waals surface area contributed by atoms with E-state index in [0.29, 0.717) is 33.6 Å². The molecule has 7 heteroatoms. The predicted octanol–water partition coefficient (Wildman–Crippen LogP) is 12.3. The van der Waals surface area contributed by atoms with Crippen LogP contribution in [0.5, 0.6) is 0 Å². The van der Waals surface area contributed by atoms with Crippen LogP contribution in [0.15, 0.2) is 146 Å². The Morgan fingerprint density at radius 2 is 1.02 bits per heavy atom. The number of aryl methyl sites for hydroxylation is 1. The molecule has 7 aromatic carbocycles. The van der Waals surface area contributed by atoms with Gasteiger partial charge in [0.05, 0.1) is 62.3 Å². The number of hydrogen-bond donors (Lipinski definition) is 0. The Morgan fingerprint density at radius 1 is 0.472 bits per heavy atom. The largest absolute Gasteiger partial charge is 0.416 e. The van der Waals surface area contributed by atoms with E-state index in [1.807, 2.05) is 97.9 Å². The topological polar surface area (TPSA) is 57.4 Å². The molecular formula is C46H27F3N4. The van der Waals surface area contributed by atoms with Crippen LogP contribution < -0.4 is 0 Å². The summed E-state index contributed by atoms with van der Waals surface area (Å²) in [5.74, 6) is 0. The molecule has 0 spiro atoms. The third-order valence-corrected chi connectivity index (χ3v) is 10.0. The van der Waals surface area contributed by atoms with Crippen LogP contribution in [-0.4, -0.2) is 9.13 Å². The third-order valence-electron chi connectivity index (χ3n) is 10.0. The normalized spacial score (nSPS) is 11.7. The highest BCUT2D eigenvalue weighted by Gasteiger charge is 2.31. The van der Waals surface area contributed by atoms with Crippen molar-refractivity contribution in [2.45, 2.75) is 13.1 Å².